The van der Waals surface area contributed by atoms with Crippen LogP contribution in [0.15, 0.2) is 30.3 Å². The maximum absolute atomic E-state index is 12.3. The summed E-state index contributed by atoms with van der Waals surface area (Å²) in [7, 11) is 0. The van der Waals surface area contributed by atoms with Crippen molar-refractivity contribution in [2.75, 3.05) is 13.2 Å². The van der Waals surface area contributed by atoms with E-state index in [4.69, 9.17) is 4.74 Å². The number of amides is 1. The summed E-state index contributed by atoms with van der Waals surface area (Å²) in [5, 5.41) is 0. The van der Waals surface area contributed by atoms with Gasteiger partial charge in [0.25, 0.3) is 5.91 Å². The molecule has 2 rings (SSSR count). The minimum Gasteiger partial charge on any atom is -0.363 e. The van der Waals surface area contributed by atoms with E-state index in [-0.39, 0.29) is 12.5 Å². The van der Waals surface area contributed by atoms with E-state index in [0.717, 1.165) is 18.3 Å². The van der Waals surface area contributed by atoms with E-state index in [1.165, 1.54) is 0 Å². The molecular formula is C15H19NO3. The predicted octanol–water partition coefficient (Wildman–Crippen LogP) is 1.43. The Hall–Kier alpha value is -1.68. The Bertz CT molecular complexity index is 456. The largest absolute Gasteiger partial charge is 0.363 e. The fraction of sp³-hybridized carbons (Fsp3) is 0.467. The molecule has 1 amide bonds. The van der Waals surface area contributed by atoms with Gasteiger partial charge in [0.1, 0.15) is 17.9 Å². The summed E-state index contributed by atoms with van der Waals surface area (Å²) in [6, 6.07) is 9.47. The summed E-state index contributed by atoms with van der Waals surface area (Å²) >= 11 is 0. The van der Waals surface area contributed by atoms with Crippen LogP contribution in [0.25, 0.3) is 0 Å². The van der Waals surface area contributed by atoms with Crippen molar-refractivity contribution in [1.29, 1.82) is 0 Å². The zero-order valence-electron chi connectivity index (χ0n) is 11.3. The number of carbonyl (C=O) groups is 2. The third-order valence-corrected chi connectivity index (χ3v) is 3.43. The Morgan fingerprint density at radius 1 is 1.37 bits per heavy atom. The van der Waals surface area contributed by atoms with Crippen LogP contribution < -0.4 is 0 Å². The highest BCUT2D eigenvalue weighted by Crippen LogP contribution is 2.22. The van der Waals surface area contributed by atoms with Gasteiger partial charge in [-0.25, -0.2) is 0 Å². The molecule has 1 aliphatic rings. The molecule has 1 fully saturated rings. The normalized spacial score (nSPS) is 22.3. The Balaban J connectivity index is 2.07. The van der Waals surface area contributed by atoms with Crippen LogP contribution >= 0.6 is 0 Å². The van der Waals surface area contributed by atoms with Crippen molar-refractivity contribution in [2.45, 2.75) is 31.9 Å². The molecule has 0 radical (unpaired) electrons. The molecule has 0 aromatic heterocycles. The highest BCUT2D eigenvalue weighted by atomic mass is 16.5. The van der Waals surface area contributed by atoms with Crippen molar-refractivity contribution in [2.24, 2.45) is 0 Å². The molecule has 1 aromatic rings. The van der Waals surface area contributed by atoms with Crippen molar-refractivity contribution in [3.63, 3.8) is 0 Å². The number of carbonyl (C=O) groups excluding carboxylic acids is 2. The van der Waals surface area contributed by atoms with E-state index in [2.05, 4.69) is 0 Å². The average molecular weight is 261 g/mol. The first-order chi connectivity index (χ1) is 9.04. The number of hydrogen-bond donors (Lipinski definition) is 0. The highest BCUT2D eigenvalue weighted by Gasteiger charge is 2.41. The van der Waals surface area contributed by atoms with Gasteiger partial charge in [-0.15, -0.1) is 0 Å². The molecule has 0 saturated carbocycles. The average Bonchev–Trinajstić information content (AvgIpc) is 2.41. The first-order valence-electron chi connectivity index (χ1n) is 6.49. The van der Waals surface area contributed by atoms with Gasteiger partial charge in [-0.3, -0.25) is 4.79 Å². The number of hydrogen-bond acceptors (Lipinski definition) is 3. The first kappa shape index (κ1) is 13.7. The molecule has 1 unspecified atom stereocenters. The maximum atomic E-state index is 12.3. The molecule has 0 spiro atoms. The molecule has 1 aromatic carbocycles. The van der Waals surface area contributed by atoms with Gasteiger partial charge in [0.15, 0.2) is 0 Å². The molecule has 0 N–H and O–H groups in total. The lowest BCUT2D eigenvalue weighted by Gasteiger charge is -2.40. The fourth-order valence-corrected chi connectivity index (χ4v) is 2.22. The topological polar surface area (TPSA) is 46.6 Å². The fourth-order valence-electron chi connectivity index (χ4n) is 2.22. The number of aldehydes is 1. The summed E-state index contributed by atoms with van der Waals surface area (Å²) < 4.78 is 5.44. The minimum absolute atomic E-state index is 0.119. The second-order valence-electron chi connectivity index (χ2n) is 5.26. The summed E-state index contributed by atoms with van der Waals surface area (Å²) in [5.74, 6) is -0.119. The zero-order chi connectivity index (χ0) is 13.9. The summed E-state index contributed by atoms with van der Waals surface area (Å²) in [6.07, 6.45) is 1.53. The lowest BCUT2D eigenvalue weighted by molar-refractivity contribution is -0.174. The lowest BCUT2D eigenvalue weighted by Crippen LogP contribution is -2.59. The van der Waals surface area contributed by atoms with Crippen LogP contribution in [-0.2, 0) is 20.7 Å². The van der Waals surface area contributed by atoms with E-state index in [9.17, 15) is 9.59 Å². The summed E-state index contributed by atoms with van der Waals surface area (Å²) in [5.41, 5.74) is 0.320. The van der Waals surface area contributed by atoms with Crippen molar-refractivity contribution >= 4 is 12.2 Å². The van der Waals surface area contributed by atoms with Gasteiger partial charge in [-0.2, -0.15) is 0 Å². The lowest BCUT2D eigenvalue weighted by atomic mass is 10.0. The first-order valence-corrected chi connectivity index (χ1v) is 6.49. The van der Waals surface area contributed by atoms with Crippen molar-refractivity contribution in [1.82, 2.24) is 4.90 Å². The quantitative estimate of drug-likeness (QED) is 0.770. The smallest absolute Gasteiger partial charge is 0.254 e. The van der Waals surface area contributed by atoms with Gasteiger partial charge in [0.2, 0.25) is 0 Å². The molecule has 102 valence electrons. The Kier molecular flexibility index (Phi) is 4.00. The Morgan fingerprint density at radius 3 is 2.68 bits per heavy atom. The molecule has 1 atom stereocenters. The van der Waals surface area contributed by atoms with Crippen LogP contribution in [-0.4, -0.2) is 41.9 Å². The van der Waals surface area contributed by atoms with Crippen molar-refractivity contribution in [3.05, 3.63) is 35.9 Å². The standard InChI is InChI=1S/C15H19NO3/c1-15(2)14(18)16(13(10-17)11-19-15)9-8-12-6-4-3-5-7-12/h3-7,10,13H,8-9,11H2,1-2H3. The molecule has 1 heterocycles. The van der Waals surface area contributed by atoms with Gasteiger partial charge < -0.3 is 14.4 Å². The van der Waals surface area contributed by atoms with E-state index >= 15 is 0 Å². The summed E-state index contributed by atoms with van der Waals surface area (Å²) in [4.78, 5) is 25.0. The molecule has 19 heavy (non-hydrogen) atoms. The van der Waals surface area contributed by atoms with E-state index in [1.54, 1.807) is 18.7 Å². The van der Waals surface area contributed by atoms with Crippen LogP contribution in [0.1, 0.15) is 19.4 Å². The number of rotatable bonds is 4. The molecule has 4 nitrogen and oxygen atoms in total. The predicted molar refractivity (Wildman–Crippen MR) is 71.7 cm³/mol. The van der Waals surface area contributed by atoms with Gasteiger partial charge >= 0.3 is 0 Å². The SMILES string of the molecule is CC1(C)OCC(C=O)N(CCc2ccccc2)C1=O. The molecule has 1 aliphatic heterocycles. The van der Waals surface area contributed by atoms with Gasteiger partial charge in [-0.1, -0.05) is 30.3 Å². The van der Waals surface area contributed by atoms with Gasteiger partial charge in [0, 0.05) is 6.54 Å². The number of morpholine rings is 1. The maximum Gasteiger partial charge on any atom is 0.254 e. The third kappa shape index (κ3) is 3.01. The molecule has 0 aliphatic carbocycles. The molecule has 4 heteroatoms. The number of benzene rings is 1. The molecular weight excluding hydrogens is 242 g/mol. The van der Waals surface area contributed by atoms with Crippen LogP contribution in [0.4, 0.5) is 0 Å². The molecule has 0 bridgehead atoms. The highest BCUT2D eigenvalue weighted by molar-refractivity contribution is 5.87. The van der Waals surface area contributed by atoms with Crippen LogP contribution in [0.5, 0.6) is 0 Å². The van der Waals surface area contributed by atoms with Gasteiger partial charge in [0.05, 0.1) is 6.61 Å². The van der Waals surface area contributed by atoms with Crippen LogP contribution in [0.3, 0.4) is 0 Å². The number of nitrogens with zero attached hydrogens (tertiary/aromatic N) is 1. The monoisotopic (exact) mass is 261 g/mol. The van der Waals surface area contributed by atoms with E-state index < -0.39 is 11.6 Å². The Labute approximate surface area is 113 Å². The van der Waals surface area contributed by atoms with Crippen LogP contribution in [0.2, 0.25) is 0 Å². The van der Waals surface area contributed by atoms with E-state index in [0.29, 0.717) is 6.54 Å². The van der Waals surface area contributed by atoms with E-state index in [1.807, 2.05) is 30.3 Å². The van der Waals surface area contributed by atoms with Crippen LogP contribution in [0, 0.1) is 0 Å². The third-order valence-electron chi connectivity index (χ3n) is 3.43. The number of ether oxygens (including phenoxy) is 1. The van der Waals surface area contributed by atoms with Crippen molar-refractivity contribution < 1.29 is 14.3 Å². The van der Waals surface area contributed by atoms with Gasteiger partial charge in [-0.05, 0) is 25.8 Å². The molecule has 1 saturated heterocycles. The Morgan fingerprint density at radius 2 is 2.05 bits per heavy atom. The zero-order valence-corrected chi connectivity index (χ0v) is 11.3. The second kappa shape index (κ2) is 5.53. The summed E-state index contributed by atoms with van der Waals surface area (Å²) in [6.45, 7) is 4.30. The minimum atomic E-state index is -0.837. The second-order valence-corrected chi connectivity index (χ2v) is 5.26. The van der Waals surface area contributed by atoms with Crippen molar-refractivity contribution in [3.8, 4) is 0 Å².